The lowest BCUT2D eigenvalue weighted by atomic mass is 9.91. The van der Waals surface area contributed by atoms with Crippen molar-refractivity contribution in [2.24, 2.45) is 11.8 Å². The number of amides is 1. The van der Waals surface area contributed by atoms with E-state index in [4.69, 9.17) is 21.9 Å². The predicted molar refractivity (Wildman–Crippen MR) is 138 cm³/mol. The third-order valence-corrected chi connectivity index (χ3v) is 7.32. The van der Waals surface area contributed by atoms with Crippen molar-refractivity contribution in [3.63, 3.8) is 0 Å². The van der Waals surface area contributed by atoms with Gasteiger partial charge in [-0.25, -0.2) is 4.98 Å². The molecule has 0 unspecified atom stereocenters. The van der Waals surface area contributed by atoms with Gasteiger partial charge in [0.1, 0.15) is 15.8 Å². The van der Waals surface area contributed by atoms with Crippen molar-refractivity contribution in [3.05, 3.63) is 45.2 Å². The van der Waals surface area contributed by atoms with Gasteiger partial charge in [-0.15, -0.1) is 0 Å². The van der Waals surface area contributed by atoms with Gasteiger partial charge < -0.3 is 9.64 Å². The molecular formula is C24H30N4O3S2. The number of ether oxygens (including phenoxy) is 1. The van der Waals surface area contributed by atoms with Crippen LogP contribution in [0.25, 0.3) is 11.7 Å². The summed E-state index contributed by atoms with van der Waals surface area (Å²) in [6, 6.07) is 5.52. The Bertz CT molecular complexity index is 1140. The first kappa shape index (κ1) is 23.9. The summed E-state index contributed by atoms with van der Waals surface area (Å²) in [6.07, 6.45) is 5.27. The highest BCUT2D eigenvalue weighted by Crippen LogP contribution is 2.34. The van der Waals surface area contributed by atoms with Crippen LogP contribution in [0.4, 0.5) is 5.82 Å². The Balaban J connectivity index is 1.73. The van der Waals surface area contributed by atoms with E-state index in [0.717, 1.165) is 19.5 Å². The molecule has 176 valence electrons. The molecule has 0 saturated carbocycles. The van der Waals surface area contributed by atoms with Crippen LogP contribution in [0.15, 0.2) is 34.1 Å². The summed E-state index contributed by atoms with van der Waals surface area (Å²) in [6.45, 7) is 9.79. The molecular weight excluding hydrogens is 456 g/mol. The minimum Gasteiger partial charge on any atom is -0.382 e. The summed E-state index contributed by atoms with van der Waals surface area (Å²) < 4.78 is 7.43. The molecule has 0 spiro atoms. The fourth-order valence-corrected chi connectivity index (χ4v) is 5.88. The average molecular weight is 487 g/mol. The zero-order chi connectivity index (χ0) is 23.5. The van der Waals surface area contributed by atoms with Gasteiger partial charge in [-0.05, 0) is 49.8 Å². The summed E-state index contributed by atoms with van der Waals surface area (Å²) in [5.74, 6) is 1.49. The molecule has 9 heteroatoms. The van der Waals surface area contributed by atoms with Crippen molar-refractivity contribution >= 4 is 51.7 Å². The van der Waals surface area contributed by atoms with Gasteiger partial charge in [-0.1, -0.05) is 43.9 Å². The second-order valence-electron chi connectivity index (χ2n) is 8.82. The highest BCUT2D eigenvalue weighted by Gasteiger charge is 2.33. The number of thioether (sulfide) groups is 1. The number of rotatable bonds is 7. The quantitative estimate of drug-likeness (QED) is 0.335. The molecule has 0 bridgehead atoms. The van der Waals surface area contributed by atoms with E-state index < -0.39 is 0 Å². The molecule has 2 saturated heterocycles. The summed E-state index contributed by atoms with van der Waals surface area (Å²) in [7, 11) is 0. The first-order valence-corrected chi connectivity index (χ1v) is 12.7. The predicted octanol–water partition coefficient (Wildman–Crippen LogP) is 3.80. The second kappa shape index (κ2) is 10.4. The Morgan fingerprint density at radius 1 is 1.24 bits per heavy atom. The lowest BCUT2D eigenvalue weighted by molar-refractivity contribution is -0.122. The van der Waals surface area contributed by atoms with Crippen molar-refractivity contribution in [1.29, 1.82) is 0 Å². The fourth-order valence-electron chi connectivity index (χ4n) is 4.59. The zero-order valence-corrected chi connectivity index (χ0v) is 21.0. The van der Waals surface area contributed by atoms with Gasteiger partial charge in [0, 0.05) is 39.0 Å². The third-order valence-electron chi connectivity index (χ3n) is 5.94. The van der Waals surface area contributed by atoms with E-state index in [1.54, 1.807) is 17.2 Å². The van der Waals surface area contributed by atoms with Crippen LogP contribution in [0.2, 0.25) is 0 Å². The number of anilines is 1. The standard InChI is InChI=1S/C24H30N4O3S2/c1-4-31-11-7-10-28-23(30)19(33-24(28)32)13-18-21(26-14-16(2)12-17(3)15-26)25-20-8-5-6-9-27(20)22(18)29/h5-6,8-9,13,16-17H,4,7,10-12,14-15H2,1-3H3/b19-13+/t16-,17+. The lowest BCUT2D eigenvalue weighted by Gasteiger charge is -2.36. The molecule has 4 heterocycles. The van der Waals surface area contributed by atoms with E-state index in [2.05, 4.69) is 18.7 Å². The Morgan fingerprint density at radius 3 is 2.73 bits per heavy atom. The molecule has 33 heavy (non-hydrogen) atoms. The number of carbonyl (C=O) groups is 1. The number of hydrogen-bond donors (Lipinski definition) is 0. The Morgan fingerprint density at radius 2 is 2.00 bits per heavy atom. The van der Waals surface area contributed by atoms with E-state index in [9.17, 15) is 9.59 Å². The van der Waals surface area contributed by atoms with Crippen LogP contribution < -0.4 is 10.5 Å². The van der Waals surface area contributed by atoms with Gasteiger partial charge in [0.25, 0.3) is 11.5 Å². The Labute approximate surface area is 203 Å². The molecule has 2 aromatic rings. The Kier molecular flexibility index (Phi) is 7.51. The highest BCUT2D eigenvalue weighted by molar-refractivity contribution is 8.26. The smallest absolute Gasteiger partial charge is 0.267 e. The van der Waals surface area contributed by atoms with Gasteiger partial charge in [0.15, 0.2) is 0 Å². The molecule has 0 radical (unpaired) electrons. The number of carbonyl (C=O) groups excluding carboxylic acids is 1. The van der Waals surface area contributed by atoms with Crippen molar-refractivity contribution in [2.45, 2.75) is 33.6 Å². The first-order chi connectivity index (χ1) is 15.9. The van der Waals surface area contributed by atoms with Gasteiger partial charge >= 0.3 is 0 Å². The molecule has 4 rings (SSSR count). The molecule has 2 aliphatic heterocycles. The van der Waals surface area contributed by atoms with E-state index in [1.807, 2.05) is 25.1 Å². The van der Waals surface area contributed by atoms with Gasteiger partial charge in [-0.2, -0.15) is 0 Å². The monoisotopic (exact) mass is 486 g/mol. The van der Waals surface area contributed by atoms with E-state index >= 15 is 0 Å². The summed E-state index contributed by atoms with van der Waals surface area (Å²) in [4.78, 5) is 35.8. The van der Waals surface area contributed by atoms with Crippen LogP contribution in [0.5, 0.6) is 0 Å². The van der Waals surface area contributed by atoms with E-state index in [-0.39, 0.29) is 11.5 Å². The maximum Gasteiger partial charge on any atom is 0.267 e. The molecule has 2 aromatic heterocycles. The topological polar surface area (TPSA) is 67.2 Å². The number of nitrogens with zero attached hydrogens (tertiary/aromatic N) is 4. The minimum absolute atomic E-state index is 0.162. The largest absolute Gasteiger partial charge is 0.382 e. The van der Waals surface area contributed by atoms with Crippen LogP contribution in [0.3, 0.4) is 0 Å². The van der Waals surface area contributed by atoms with Crippen molar-refractivity contribution in [3.8, 4) is 0 Å². The fraction of sp³-hybridized carbons (Fsp3) is 0.500. The summed E-state index contributed by atoms with van der Waals surface area (Å²) in [5, 5.41) is 0. The third kappa shape index (κ3) is 5.15. The molecule has 7 nitrogen and oxygen atoms in total. The SMILES string of the molecule is CCOCCCN1C(=O)/C(=C\c2c(N3C[C@H](C)C[C@H](C)C3)nc3ccccn3c2=O)SC1=S. The van der Waals surface area contributed by atoms with Crippen LogP contribution in [0, 0.1) is 11.8 Å². The van der Waals surface area contributed by atoms with Crippen LogP contribution >= 0.6 is 24.0 Å². The maximum atomic E-state index is 13.5. The normalized spacial score (nSPS) is 22.7. The number of piperidine rings is 1. The molecule has 0 aromatic carbocycles. The van der Waals surface area contributed by atoms with Gasteiger partial charge in [-0.3, -0.25) is 18.9 Å². The maximum absolute atomic E-state index is 13.5. The molecule has 1 amide bonds. The van der Waals surface area contributed by atoms with Gasteiger partial charge in [0.05, 0.1) is 10.5 Å². The second-order valence-corrected chi connectivity index (χ2v) is 10.5. The zero-order valence-electron chi connectivity index (χ0n) is 19.3. The van der Waals surface area contributed by atoms with Gasteiger partial charge in [0.2, 0.25) is 0 Å². The van der Waals surface area contributed by atoms with Crippen molar-refractivity contribution in [2.75, 3.05) is 37.7 Å². The summed E-state index contributed by atoms with van der Waals surface area (Å²) >= 11 is 6.71. The average Bonchev–Trinajstić information content (AvgIpc) is 3.05. The van der Waals surface area contributed by atoms with Crippen molar-refractivity contribution in [1.82, 2.24) is 14.3 Å². The molecule has 2 aliphatic rings. The number of fused-ring (bicyclic) bond motifs is 1. The number of aromatic nitrogens is 2. The van der Waals surface area contributed by atoms with E-state index in [1.165, 1.54) is 16.2 Å². The van der Waals surface area contributed by atoms with Crippen LogP contribution in [-0.2, 0) is 9.53 Å². The molecule has 0 aliphatic carbocycles. The number of thiocarbonyl (C=S) groups is 1. The molecule has 2 atom stereocenters. The first-order valence-electron chi connectivity index (χ1n) is 11.5. The lowest BCUT2D eigenvalue weighted by Crippen LogP contribution is -2.40. The van der Waals surface area contributed by atoms with Crippen molar-refractivity contribution < 1.29 is 9.53 Å². The minimum atomic E-state index is -0.178. The highest BCUT2D eigenvalue weighted by atomic mass is 32.2. The van der Waals surface area contributed by atoms with Crippen LogP contribution in [-0.4, -0.2) is 57.4 Å². The number of hydrogen-bond acceptors (Lipinski definition) is 7. The molecule has 2 fully saturated rings. The summed E-state index contributed by atoms with van der Waals surface area (Å²) in [5.41, 5.74) is 0.863. The number of pyridine rings is 1. The Hall–Kier alpha value is -2.23. The van der Waals surface area contributed by atoms with Crippen LogP contribution in [0.1, 0.15) is 39.2 Å². The van der Waals surface area contributed by atoms with E-state index in [0.29, 0.717) is 64.3 Å². The molecule has 0 N–H and O–H groups in total.